The minimum Gasteiger partial charge on any atom is -0.354 e. The molecule has 5 nitrogen and oxygen atoms in total. The summed E-state index contributed by atoms with van der Waals surface area (Å²) in [7, 11) is 0. The highest BCUT2D eigenvalue weighted by molar-refractivity contribution is 7.10. The Morgan fingerprint density at radius 3 is 3.05 bits per heavy atom. The van der Waals surface area contributed by atoms with Gasteiger partial charge in [-0.3, -0.25) is 0 Å². The Hall–Kier alpha value is -1.40. The van der Waals surface area contributed by atoms with Gasteiger partial charge in [0.05, 0.1) is 6.04 Å². The fourth-order valence-electron chi connectivity index (χ4n) is 2.44. The van der Waals surface area contributed by atoms with Crippen LogP contribution in [0, 0.1) is 0 Å². The molecule has 106 valence electrons. The summed E-state index contributed by atoms with van der Waals surface area (Å²) >= 11 is 7.76. The second-order valence-corrected chi connectivity index (χ2v) is 6.01. The van der Waals surface area contributed by atoms with Gasteiger partial charge in [0.15, 0.2) is 0 Å². The number of aromatic nitrogens is 3. The minimum atomic E-state index is 0.208. The molecule has 0 aliphatic heterocycles. The van der Waals surface area contributed by atoms with Crippen molar-refractivity contribution in [2.24, 2.45) is 0 Å². The third-order valence-electron chi connectivity index (χ3n) is 3.30. The van der Waals surface area contributed by atoms with Gasteiger partial charge >= 0.3 is 0 Å². The molecule has 0 spiro atoms. The van der Waals surface area contributed by atoms with Crippen LogP contribution in [-0.4, -0.2) is 21.5 Å². The van der Waals surface area contributed by atoms with Crippen LogP contribution in [-0.2, 0) is 6.42 Å². The number of aryl methyl sites for hydroxylation is 1. The number of nitrogens with zero attached hydrogens (tertiary/aromatic N) is 3. The van der Waals surface area contributed by atoms with Crippen molar-refractivity contribution in [3.05, 3.63) is 27.2 Å². The Morgan fingerprint density at radius 1 is 1.35 bits per heavy atom. The molecular weight excluding hydrogens is 294 g/mol. The smallest absolute Gasteiger partial charge is 0.229 e. The highest BCUT2D eigenvalue weighted by Crippen LogP contribution is 2.35. The number of nitrogens with one attached hydrogen (secondary N) is 2. The molecule has 20 heavy (non-hydrogen) atoms. The zero-order valence-corrected chi connectivity index (χ0v) is 12.8. The Morgan fingerprint density at radius 2 is 2.20 bits per heavy atom. The van der Waals surface area contributed by atoms with Crippen LogP contribution in [0.15, 0.2) is 11.4 Å². The first-order chi connectivity index (χ1) is 9.76. The summed E-state index contributed by atoms with van der Waals surface area (Å²) in [5.74, 6) is 1.04. The Labute approximate surface area is 126 Å². The lowest BCUT2D eigenvalue weighted by Gasteiger charge is -2.23. The van der Waals surface area contributed by atoms with E-state index in [0.717, 1.165) is 13.0 Å². The van der Waals surface area contributed by atoms with Crippen LogP contribution in [0.2, 0.25) is 5.28 Å². The van der Waals surface area contributed by atoms with Crippen molar-refractivity contribution in [2.45, 2.75) is 32.2 Å². The summed E-state index contributed by atoms with van der Waals surface area (Å²) in [4.78, 5) is 14.0. The molecule has 0 saturated carbocycles. The SMILES string of the molecule is CCNc1nc(Cl)nc(NC2CCCc3sccc32)n1. The third-order valence-corrected chi connectivity index (χ3v) is 4.46. The van der Waals surface area contributed by atoms with Crippen molar-refractivity contribution in [3.8, 4) is 0 Å². The lowest BCUT2D eigenvalue weighted by molar-refractivity contribution is 0.604. The van der Waals surface area contributed by atoms with E-state index in [1.165, 1.54) is 23.3 Å². The molecule has 0 aromatic carbocycles. The summed E-state index contributed by atoms with van der Waals surface area (Å²) in [5, 5.41) is 8.79. The van der Waals surface area contributed by atoms with Crippen LogP contribution in [0.5, 0.6) is 0 Å². The molecule has 0 bridgehead atoms. The van der Waals surface area contributed by atoms with Crippen molar-refractivity contribution < 1.29 is 0 Å². The first kappa shape index (κ1) is 13.6. The van der Waals surface area contributed by atoms with E-state index in [1.54, 1.807) is 0 Å². The largest absolute Gasteiger partial charge is 0.354 e. The molecule has 1 aliphatic carbocycles. The van der Waals surface area contributed by atoms with E-state index in [1.807, 2.05) is 18.3 Å². The van der Waals surface area contributed by atoms with Gasteiger partial charge in [0.1, 0.15) is 0 Å². The average Bonchev–Trinajstić information content (AvgIpc) is 2.88. The van der Waals surface area contributed by atoms with E-state index in [9.17, 15) is 0 Å². The molecule has 1 atom stereocenters. The van der Waals surface area contributed by atoms with Crippen LogP contribution in [0.4, 0.5) is 11.9 Å². The first-order valence-electron chi connectivity index (χ1n) is 6.74. The normalized spacial score (nSPS) is 17.6. The highest BCUT2D eigenvalue weighted by Gasteiger charge is 2.22. The lowest BCUT2D eigenvalue weighted by Crippen LogP contribution is -2.18. The standard InChI is InChI=1S/C13H16ClN5S/c1-2-15-12-17-11(14)18-13(19-12)16-9-4-3-5-10-8(9)6-7-20-10/h6-7,9H,2-5H2,1H3,(H2,15,16,17,18,19). The lowest BCUT2D eigenvalue weighted by atomic mass is 9.94. The molecule has 2 aromatic rings. The van der Waals surface area contributed by atoms with Gasteiger partial charge in [-0.2, -0.15) is 15.0 Å². The Kier molecular flexibility index (Phi) is 4.03. The van der Waals surface area contributed by atoms with Crippen LogP contribution in [0.25, 0.3) is 0 Å². The van der Waals surface area contributed by atoms with Crippen LogP contribution in [0.1, 0.15) is 36.2 Å². The zero-order chi connectivity index (χ0) is 13.9. The monoisotopic (exact) mass is 309 g/mol. The molecule has 0 radical (unpaired) electrons. The van der Waals surface area contributed by atoms with E-state index in [0.29, 0.717) is 11.9 Å². The Balaban J connectivity index is 1.82. The number of hydrogen-bond acceptors (Lipinski definition) is 6. The fourth-order valence-corrected chi connectivity index (χ4v) is 3.59. The summed E-state index contributed by atoms with van der Waals surface area (Å²) < 4.78 is 0. The number of rotatable bonds is 4. The maximum atomic E-state index is 5.94. The maximum absolute atomic E-state index is 5.94. The van der Waals surface area contributed by atoms with Crippen molar-refractivity contribution in [1.82, 2.24) is 15.0 Å². The predicted octanol–water partition coefficient (Wildman–Crippen LogP) is 3.51. The van der Waals surface area contributed by atoms with E-state index in [2.05, 4.69) is 37.0 Å². The minimum absolute atomic E-state index is 0.208. The molecule has 2 heterocycles. The van der Waals surface area contributed by atoms with Crippen LogP contribution in [0.3, 0.4) is 0 Å². The van der Waals surface area contributed by atoms with Gasteiger partial charge in [0, 0.05) is 11.4 Å². The number of halogens is 1. The number of fused-ring (bicyclic) bond motifs is 1. The van der Waals surface area contributed by atoms with E-state index < -0.39 is 0 Å². The Bertz CT molecular complexity index is 600. The summed E-state index contributed by atoms with van der Waals surface area (Å²) in [6, 6.07) is 2.45. The molecule has 0 saturated heterocycles. The number of hydrogen-bond donors (Lipinski definition) is 2. The fraction of sp³-hybridized carbons (Fsp3) is 0.462. The molecule has 1 aliphatic rings. The summed E-state index contributed by atoms with van der Waals surface area (Å²) in [6.07, 6.45) is 3.44. The van der Waals surface area contributed by atoms with E-state index >= 15 is 0 Å². The third kappa shape index (κ3) is 2.86. The topological polar surface area (TPSA) is 62.7 Å². The van der Waals surface area contributed by atoms with Crippen molar-refractivity contribution in [2.75, 3.05) is 17.2 Å². The molecule has 3 rings (SSSR count). The van der Waals surface area contributed by atoms with Crippen LogP contribution < -0.4 is 10.6 Å². The molecule has 2 aromatic heterocycles. The molecular formula is C13H16ClN5S. The first-order valence-corrected chi connectivity index (χ1v) is 8.00. The number of thiophene rings is 1. The van der Waals surface area contributed by atoms with Gasteiger partial charge in [-0.15, -0.1) is 11.3 Å². The molecule has 1 unspecified atom stereocenters. The van der Waals surface area contributed by atoms with Crippen molar-refractivity contribution in [1.29, 1.82) is 0 Å². The van der Waals surface area contributed by atoms with Gasteiger partial charge in [-0.25, -0.2) is 0 Å². The number of anilines is 2. The second kappa shape index (κ2) is 5.93. The van der Waals surface area contributed by atoms with Crippen LogP contribution >= 0.6 is 22.9 Å². The van der Waals surface area contributed by atoms with E-state index in [-0.39, 0.29) is 11.3 Å². The van der Waals surface area contributed by atoms with Gasteiger partial charge in [-0.05, 0) is 54.8 Å². The molecule has 0 fully saturated rings. The van der Waals surface area contributed by atoms with Crippen molar-refractivity contribution in [3.63, 3.8) is 0 Å². The molecule has 0 amide bonds. The van der Waals surface area contributed by atoms with E-state index in [4.69, 9.17) is 11.6 Å². The van der Waals surface area contributed by atoms with Crippen molar-refractivity contribution >= 4 is 34.8 Å². The average molecular weight is 310 g/mol. The maximum Gasteiger partial charge on any atom is 0.229 e. The highest BCUT2D eigenvalue weighted by atomic mass is 35.5. The van der Waals surface area contributed by atoms with Gasteiger partial charge in [0.2, 0.25) is 17.2 Å². The van der Waals surface area contributed by atoms with Gasteiger partial charge in [0.25, 0.3) is 0 Å². The van der Waals surface area contributed by atoms with Gasteiger partial charge < -0.3 is 10.6 Å². The molecule has 7 heteroatoms. The summed E-state index contributed by atoms with van der Waals surface area (Å²) in [6.45, 7) is 2.74. The zero-order valence-electron chi connectivity index (χ0n) is 11.2. The molecule has 2 N–H and O–H groups in total. The predicted molar refractivity (Wildman–Crippen MR) is 82.6 cm³/mol. The quantitative estimate of drug-likeness (QED) is 0.905. The van der Waals surface area contributed by atoms with Gasteiger partial charge in [-0.1, -0.05) is 0 Å². The summed E-state index contributed by atoms with van der Waals surface area (Å²) in [5.41, 5.74) is 1.36. The second-order valence-electron chi connectivity index (χ2n) is 4.67.